The Morgan fingerprint density at radius 1 is 1.03 bits per heavy atom. The Balaban J connectivity index is 2.01. The van der Waals surface area contributed by atoms with Crippen LogP contribution in [-0.2, 0) is 14.4 Å². The summed E-state index contributed by atoms with van der Waals surface area (Å²) in [7, 11) is 0. The molecule has 0 aromatic heterocycles. The summed E-state index contributed by atoms with van der Waals surface area (Å²) in [6, 6.07) is 11.0. The zero-order chi connectivity index (χ0) is 24.5. The second-order valence-electron chi connectivity index (χ2n) is 7.07. The Hall–Kier alpha value is -4.47. The molecule has 0 aliphatic rings. The number of nitrogens with one attached hydrogen (secondary N) is 2. The van der Waals surface area contributed by atoms with Gasteiger partial charge in [-0.2, -0.15) is 0 Å². The standard InChI is InChI=1S/C23H23N3O7/c1-13(21(29)26-18(22(30)31)10-11-19(27)28)12-14-2-4-16(5-3-14)23(32)33-17-8-6-15(7-9-17)20(24)25/h2-9,12,18H,10-11H2,1H3,(H3,24,25)(H,26,29)(H,27,28)(H,30,31)/t18-/m1/s1. The van der Waals surface area contributed by atoms with Gasteiger partial charge in [0.1, 0.15) is 17.6 Å². The second-order valence-corrected chi connectivity index (χ2v) is 7.07. The highest BCUT2D eigenvalue weighted by atomic mass is 16.5. The first-order valence-electron chi connectivity index (χ1n) is 9.77. The van der Waals surface area contributed by atoms with Crippen LogP contribution in [0.4, 0.5) is 0 Å². The minimum Gasteiger partial charge on any atom is -0.481 e. The molecule has 2 aromatic rings. The molecule has 0 unspecified atom stereocenters. The number of carboxylic acids is 2. The van der Waals surface area contributed by atoms with Gasteiger partial charge >= 0.3 is 17.9 Å². The van der Waals surface area contributed by atoms with Crippen molar-refractivity contribution in [1.29, 1.82) is 5.41 Å². The summed E-state index contributed by atoms with van der Waals surface area (Å²) in [6.07, 6.45) is 0.872. The van der Waals surface area contributed by atoms with Crippen molar-refractivity contribution in [3.63, 3.8) is 0 Å². The number of benzene rings is 2. The maximum absolute atomic E-state index is 12.3. The van der Waals surface area contributed by atoms with Crippen LogP contribution in [-0.4, -0.2) is 45.9 Å². The molecule has 0 aliphatic heterocycles. The number of nitrogen functional groups attached to an aromatic ring is 1. The molecule has 0 fully saturated rings. The van der Waals surface area contributed by atoms with E-state index in [1.807, 2.05) is 0 Å². The van der Waals surface area contributed by atoms with Gasteiger partial charge in [0.05, 0.1) is 5.56 Å². The van der Waals surface area contributed by atoms with Gasteiger partial charge < -0.3 is 26.0 Å². The smallest absolute Gasteiger partial charge is 0.343 e. The molecular weight excluding hydrogens is 430 g/mol. The molecule has 10 heteroatoms. The molecule has 0 spiro atoms. The SMILES string of the molecule is CC(=Cc1ccc(C(=O)Oc2ccc(C(=N)N)cc2)cc1)C(=O)N[C@H](CCC(=O)O)C(=O)O. The van der Waals surface area contributed by atoms with Gasteiger partial charge in [-0.1, -0.05) is 12.1 Å². The summed E-state index contributed by atoms with van der Waals surface area (Å²) in [5.74, 6) is -3.54. The number of esters is 1. The van der Waals surface area contributed by atoms with Crippen LogP contribution in [0.5, 0.6) is 5.75 Å². The van der Waals surface area contributed by atoms with Crippen LogP contribution < -0.4 is 15.8 Å². The Kier molecular flexibility index (Phi) is 8.44. The summed E-state index contributed by atoms with van der Waals surface area (Å²) in [6.45, 7) is 1.48. The van der Waals surface area contributed by atoms with Crippen LogP contribution in [0.15, 0.2) is 54.1 Å². The zero-order valence-corrected chi connectivity index (χ0v) is 17.7. The maximum atomic E-state index is 12.3. The normalized spacial score (nSPS) is 11.8. The average molecular weight is 453 g/mol. The molecule has 33 heavy (non-hydrogen) atoms. The summed E-state index contributed by atoms with van der Waals surface area (Å²) < 4.78 is 5.27. The Morgan fingerprint density at radius 3 is 2.12 bits per heavy atom. The summed E-state index contributed by atoms with van der Waals surface area (Å²) in [5, 5.41) is 27.5. The van der Waals surface area contributed by atoms with Crippen molar-refractivity contribution in [3.05, 3.63) is 70.8 Å². The molecule has 1 amide bonds. The summed E-state index contributed by atoms with van der Waals surface area (Å²) >= 11 is 0. The molecule has 1 atom stereocenters. The van der Waals surface area contributed by atoms with E-state index in [1.165, 1.54) is 37.3 Å². The molecule has 2 aromatic carbocycles. The van der Waals surface area contributed by atoms with Gasteiger partial charge in [0.15, 0.2) is 0 Å². The van der Waals surface area contributed by atoms with Crippen molar-refractivity contribution in [1.82, 2.24) is 5.32 Å². The first-order valence-corrected chi connectivity index (χ1v) is 9.77. The van der Waals surface area contributed by atoms with Crippen LogP contribution in [0.1, 0.15) is 41.3 Å². The molecule has 0 saturated heterocycles. The number of hydrogen-bond donors (Lipinski definition) is 5. The van der Waals surface area contributed by atoms with E-state index in [4.69, 9.17) is 26.1 Å². The minimum atomic E-state index is -1.32. The Labute approximate surface area is 189 Å². The van der Waals surface area contributed by atoms with Crippen LogP contribution in [0, 0.1) is 5.41 Å². The van der Waals surface area contributed by atoms with E-state index in [0.29, 0.717) is 11.1 Å². The predicted molar refractivity (Wildman–Crippen MR) is 119 cm³/mol. The fourth-order valence-corrected chi connectivity index (χ4v) is 2.70. The van der Waals surface area contributed by atoms with Crippen LogP contribution >= 0.6 is 0 Å². The van der Waals surface area contributed by atoms with Gasteiger partial charge in [-0.25, -0.2) is 9.59 Å². The van der Waals surface area contributed by atoms with E-state index in [2.05, 4.69) is 5.32 Å². The third-order valence-corrected chi connectivity index (χ3v) is 4.51. The van der Waals surface area contributed by atoms with Crippen molar-refractivity contribution in [2.45, 2.75) is 25.8 Å². The first kappa shape index (κ1) is 24.8. The van der Waals surface area contributed by atoms with Crippen molar-refractivity contribution in [2.24, 2.45) is 5.73 Å². The number of ether oxygens (including phenoxy) is 1. The van der Waals surface area contributed by atoms with Gasteiger partial charge in [-0.3, -0.25) is 15.0 Å². The van der Waals surface area contributed by atoms with Gasteiger partial charge in [-0.05, 0) is 61.4 Å². The lowest BCUT2D eigenvalue weighted by atomic mass is 10.1. The number of rotatable bonds is 10. The molecule has 6 N–H and O–H groups in total. The number of hydrogen-bond acceptors (Lipinski definition) is 6. The lowest BCUT2D eigenvalue weighted by Gasteiger charge is -2.13. The van der Waals surface area contributed by atoms with Crippen molar-refractivity contribution in [3.8, 4) is 5.75 Å². The first-order chi connectivity index (χ1) is 15.6. The van der Waals surface area contributed by atoms with Crippen molar-refractivity contribution in [2.75, 3.05) is 0 Å². The van der Waals surface area contributed by atoms with Crippen LogP contribution in [0.2, 0.25) is 0 Å². The number of aliphatic carboxylic acids is 2. The Morgan fingerprint density at radius 2 is 1.61 bits per heavy atom. The fraction of sp³-hybridized carbons (Fsp3) is 0.174. The van der Waals surface area contributed by atoms with Crippen molar-refractivity contribution >= 4 is 35.7 Å². The third kappa shape index (κ3) is 7.62. The van der Waals surface area contributed by atoms with Crippen molar-refractivity contribution < 1.29 is 34.1 Å². The Bertz CT molecular complexity index is 1090. The summed E-state index contributed by atoms with van der Waals surface area (Å²) in [5.41, 5.74) is 6.94. The topological polar surface area (TPSA) is 180 Å². The van der Waals surface area contributed by atoms with E-state index in [9.17, 15) is 19.2 Å². The monoisotopic (exact) mass is 453 g/mol. The molecule has 0 saturated carbocycles. The number of amidine groups is 1. The highest BCUT2D eigenvalue weighted by molar-refractivity contribution is 5.99. The molecule has 2 rings (SSSR count). The van der Waals surface area contributed by atoms with Gasteiger partial charge in [0.2, 0.25) is 5.91 Å². The van der Waals surface area contributed by atoms with Crippen LogP contribution in [0.25, 0.3) is 6.08 Å². The fourth-order valence-electron chi connectivity index (χ4n) is 2.70. The lowest BCUT2D eigenvalue weighted by molar-refractivity contribution is -0.142. The van der Waals surface area contributed by atoms with E-state index >= 15 is 0 Å². The number of carboxylic acid groups (broad SMARTS) is 2. The number of nitrogens with two attached hydrogens (primary N) is 1. The number of carbonyl (C=O) groups is 4. The molecular formula is C23H23N3O7. The number of amides is 1. The lowest BCUT2D eigenvalue weighted by Crippen LogP contribution is -2.41. The highest BCUT2D eigenvalue weighted by Gasteiger charge is 2.21. The van der Waals surface area contributed by atoms with E-state index in [-0.39, 0.29) is 29.1 Å². The van der Waals surface area contributed by atoms with E-state index in [0.717, 1.165) is 0 Å². The second kappa shape index (κ2) is 11.2. The predicted octanol–water partition coefficient (Wildman–Crippen LogP) is 2.03. The third-order valence-electron chi connectivity index (χ3n) is 4.51. The highest BCUT2D eigenvalue weighted by Crippen LogP contribution is 2.16. The minimum absolute atomic E-state index is 0.0979. The zero-order valence-electron chi connectivity index (χ0n) is 17.7. The number of carbonyl (C=O) groups excluding carboxylic acids is 2. The molecule has 10 nitrogen and oxygen atoms in total. The van der Waals surface area contributed by atoms with E-state index < -0.39 is 36.3 Å². The molecule has 0 bridgehead atoms. The van der Waals surface area contributed by atoms with Crippen LogP contribution in [0.3, 0.4) is 0 Å². The van der Waals surface area contributed by atoms with Gasteiger partial charge in [0, 0.05) is 17.6 Å². The molecule has 0 heterocycles. The molecule has 0 aliphatic carbocycles. The molecule has 0 radical (unpaired) electrons. The summed E-state index contributed by atoms with van der Waals surface area (Å²) in [4.78, 5) is 46.4. The average Bonchev–Trinajstić information content (AvgIpc) is 2.76. The maximum Gasteiger partial charge on any atom is 0.343 e. The van der Waals surface area contributed by atoms with Gasteiger partial charge in [-0.15, -0.1) is 0 Å². The quantitative estimate of drug-likeness (QED) is 0.119. The van der Waals surface area contributed by atoms with E-state index in [1.54, 1.807) is 24.3 Å². The molecule has 172 valence electrons. The van der Waals surface area contributed by atoms with Gasteiger partial charge in [0.25, 0.3) is 0 Å². The largest absolute Gasteiger partial charge is 0.481 e.